The summed E-state index contributed by atoms with van der Waals surface area (Å²) in [5.41, 5.74) is 0.837. The number of hydrogen-bond acceptors (Lipinski definition) is 4. The largest absolute Gasteiger partial charge is 0.409 e. The number of pyridine rings is 1. The second-order valence-corrected chi connectivity index (χ2v) is 4.51. The summed E-state index contributed by atoms with van der Waals surface area (Å²) >= 11 is 1.50. The molecule has 0 aliphatic rings. The van der Waals surface area contributed by atoms with Gasteiger partial charge in [0.05, 0.1) is 5.03 Å². The van der Waals surface area contributed by atoms with Crippen LogP contribution in [0.15, 0.2) is 35.5 Å². The lowest BCUT2D eigenvalue weighted by atomic mass is 10.4. The number of carbonyl (C=O) groups is 1. The fraction of sp³-hybridized carbons (Fsp3) is 0.333. The predicted octanol–water partition coefficient (Wildman–Crippen LogP) is 2.45. The van der Waals surface area contributed by atoms with Gasteiger partial charge in [0.1, 0.15) is 0 Å². The summed E-state index contributed by atoms with van der Waals surface area (Å²) in [6.45, 7) is 0.626. The zero-order chi connectivity index (χ0) is 15.0. The molecule has 20 heavy (non-hydrogen) atoms. The summed E-state index contributed by atoms with van der Waals surface area (Å²) in [6, 6.07) is 3.61. The minimum Gasteiger partial charge on any atom is -0.383 e. The Bertz CT molecular complexity index is 477. The maximum absolute atomic E-state index is 11.8. The quantitative estimate of drug-likeness (QED) is 0.481. The van der Waals surface area contributed by atoms with Crippen LogP contribution in [0.25, 0.3) is 0 Å². The molecule has 0 bridgehead atoms. The van der Waals surface area contributed by atoms with E-state index in [4.69, 9.17) is 0 Å². The minimum atomic E-state index is -4.47. The number of nitrogens with zero attached hydrogens (tertiary/aromatic N) is 1. The molecule has 0 aromatic carbocycles. The maximum Gasteiger partial charge on any atom is 0.409 e. The van der Waals surface area contributed by atoms with Crippen molar-refractivity contribution in [2.45, 2.75) is 11.2 Å². The Kier molecular flexibility index (Phi) is 6.37. The van der Waals surface area contributed by atoms with Crippen molar-refractivity contribution < 1.29 is 18.0 Å². The summed E-state index contributed by atoms with van der Waals surface area (Å²) in [6.07, 6.45) is -0.541. The summed E-state index contributed by atoms with van der Waals surface area (Å²) in [5, 5.41) is 6.23. The molecule has 0 saturated carbocycles. The monoisotopic (exact) mass is 305 g/mol. The van der Waals surface area contributed by atoms with Crippen LogP contribution in [-0.2, 0) is 4.79 Å². The van der Waals surface area contributed by atoms with Gasteiger partial charge in [0.25, 0.3) is 0 Å². The zero-order valence-electron chi connectivity index (χ0n) is 10.7. The highest BCUT2D eigenvalue weighted by Gasteiger charge is 2.22. The van der Waals surface area contributed by atoms with Crippen LogP contribution >= 0.6 is 11.8 Å². The highest BCUT2D eigenvalue weighted by atomic mass is 32.2. The lowest BCUT2D eigenvalue weighted by Gasteiger charge is -2.07. The van der Waals surface area contributed by atoms with Gasteiger partial charge in [0.15, 0.2) is 0 Å². The fourth-order valence-corrected chi connectivity index (χ4v) is 1.66. The first kappa shape index (κ1) is 16.4. The van der Waals surface area contributed by atoms with Gasteiger partial charge >= 0.3 is 6.18 Å². The Morgan fingerprint density at radius 1 is 1.45 bits per heavy atom. The van der Waals surface area contributed by atoms with Crippen LogP contribution in [0.2, 0.25) is 0 Å². The first-order valence-electron chi connectivity index (χ1n) is 5.68. The number of thioether (sulfide) groups is 1. The molecule has 0 unspecified atom stereocenters. The standard InChI is InChI=1S/C12H14F3N3OS/c1-20-11-8-9(3-5-18-11)16-6-7-17-10(19)2-4-12(13,14)15/h2-5,8H,6-7H2,1H3,(H,16,18)(H,17,19). The molecular formula is C12H14F3N3OS. The van der Waals surface area contributed by atoms with Gasteiger partial charge in [-0.05, 0) is 18.4 Å². The van der Waals surface area contributed by atoms with E-state index in [0.29, 0.717) is 12.6 Å². The molecule has 1 rings (SSSR count). The summed E-state index contributed by atoms with van der Waals surface area (Å²) in [4.78, 5) is 15.2. The van der Waals surface area contributed by atoms with E-state index in [9.17, 15) is 18.0 Å². The maximum atomic E-state index is 11.8. The number of halogens is 3. The lowest BCUT2D eigenvalue weighted by Crippen LogP contribution is -2.27. The Labute approximate surface area is 118 Å². The highest BCUT2D eigenvalue weighted by molar-refractivity contribution is 7.98. The molecule has 1 aromatic rings. The van der Waals surface area contributed by atoms with Crippen molar-refractivity contribution in [3.05, 3.63) is 30.5 Å². The van der Waals surface area contributed by atoms with Gasteiger partial charge in [-0.25, -0.2) is 4.98 Å². The normalized spacial score (nSPS) is 11.6. The van der Waals surface area contributed by atoms with E-state index in [1.54, 1.807) is 12.3 Å². The molecule has 0 atom stereocenters. The topological polar surface area (TPSA) is 54.0 Å². The predicted molar refractivity (Wildman–Crippen MR) is 72.7 cm³/mol. The zero-order valence-corrected chi connectivity index (χ0v) is 11.5. The molecule has 1 aromatic heterocycles. The van der Waals surface area contributed by atoms with Crippen LogP contribution < -0.4 is 10.6 Å². The van der Waals surface area contributed by atoms with E-state index in [1.165, 1.54) is 11.8 Å². The number of hydrogen-bond donors (Lipinski definition) is 2. The van der Waals surface area contributed by atoms with Gasteiger partial charge in [-0.2, -0.15) is 13.2 Å². The number of allylic oxidation sites excluding steroid dienone is 1. The van der Waals surface area contributed by atoms with Gasteiger partial charge in [-0.1, -0.05) is 0 Å². The minimum absolute atomic E-state index is 0.0939. The van der Waals surface area contributed by atoms with Crippen LogP contribution in [0.3, 0.4) is 0 Å². The van der Waals surface area contributed by atoms with Crippen molar-refractivity contribution in [2.75, 3.05) is 24.7 Å². The van der Waals surface area contributed by atoms with Crippen molar-refractivity contribution in [1.29, 1.82) is 0 Å². The third-order valence-corrected chi connectivity index (χ3v) is 2.76. The average molecular weight is 305 g/mol. The van der Waals surface area contributed by atoms with E-state index in [0.717, 1.165) is 10.7 Å². The van der Waals surface area contributed by atoms with Gasteiger partial charge in [0, 0.05) is 37.1 Å². The van der Waals surface area contributed by atoms with Crippen molar-refractivity contribution in [3.63, 3.8) is 0 Å². The molecule has 0 spiro atoms. The van der Waals surface area contributed by atoms with E-state index in [-0.39, 0.29) is 12.6 Å². The van der Waals surface area contributed by atoms with Gasteiger partial charge in [0.2, 0.25) is 5.91 Å². The molecule has 2 N–H and O–H groups in total. The smallest absolute Gasteiger partial charge is 0.383 e. The van der Waals surface area contributed by atoms with Crippen LogP contribution in [-0.4, -0.2) is 36.4 Å². The summed E-state index contributed by atoms with van der Waals surface area (Å²) in [5.74, 6) is -0.774. The van der Waals surface area contributed by atoms with E-state index in [1.807, 2.05) is 12.3 Å². The van der Waals surface area contributed by atoms with Crippen molar-refractivity contribution in [2.24, 2.45) is 0 Å². The molecule has 0 radical (unpaired) electrons. The number of amides is 1. The second-order valence-electron chi connectivity index (χ2n) is 3.68. The third kappa shape index (κ3) is 7.03. The van der Waals surface area contributed by atoms with Gasteiger partial charge in [-0.15, -0.1) is 11.8 Å². The SMILES string of the molecule is CSc1cc(NCCNC(=O)C=CC(F)(F)F)ccn1. The molecule has 0 saturated heterocycles. The molecule has 110 valence electrons. The average Bonchev–Trinajstić information content (AvgIpc) is 2.41. The number of alkyl halides is 3. The van der Waals surface area contributed by atoms with Crippen LogP contribution in [0.4, 0.5) is 18.9 Å². The third-order valence-electron chi connectivity index (χ3n) is 2.12. The number of carbonyl (C=O) groups excluding carboxylic acids is 1. The van der Waals surface area contributed by atoms with Crippen molar-refractivity contribution in [3.8, 4) is 0 Å². The summed E-state index contributed by atoms with van der Waals surface area (Å²) < 4.78 is 35.4. The Morgan fingerprint density at radius 3 is 2.85 bits per heavy atom. The molecule has 1 heterocycles. The Morgan fingerprint density at radius 2 is 2.20 bits per heavy atom. The van der Waals surface area contributed by atoms with Crippen molar-refractivity contribution >= 4 is 23.4 Å². The highest BCUT2D eigenvalue weighted by Crippen LogP contribution is 2.16. The Hall–Kier alpha value is -1.70. The molecule has 1 amide bonds. The number of rotatable bonds is 6. The number of aromatic nitrogens is 1. The van der Waals surface area contributed by atoms with E-state index in [2.05, 4.69) is 15.6 Å². The summed E-state index contributed by atoms with van der Waals surface area (Å²) in [7, 11) is 0. The lowest BCUT2D eigenvalue weighted by molar-refractivity contribution is -0.117. The first-order chi connectivity index (χ1) is 9.40. The fourth-order valence-electron chi connectivity index (χ4n) is 1.25. The number of anilines is 1. The molecule has 8 heteroatoms. The Balaban J connectivity index is 2.28. The van der Waals surface area contributed by atoms with Crippen molar-refractivity contribution in [1.82, 2.24) is 10.3 Å². The molecular weight excluding hydrogens is 291 g/mol. The molecule has 0 fully saturated rings. The van der Waals surface area contributed by atoms with Crippen LogP contribution in [0.5, 0.6) is 0 Å². The van der Waals surface area contributed by atoms with Gasteiger partial charge in [-0.3, -0.25) is 4.79 Å². The van der Waals surface area contributed by atoms with Crippen LogP contribution in [0.1, 0.15) is 0 Å². The second kappa shape index (κ2) is 7.78. The molecule has 0 aliphatic heterocycles. The van der Waals surface area contributed by atoms with E-state index < -0.39 is 12.1 Å². The van der Waals surface area contributed by atoms with E-state index >= 15 is 0 Å². The van der Waals surface area contributed by atoms with Gasteiger partial charge < -0.3 is 10.6 Å². The number of nitrogens with one attached hydrogen (secondary N) is 2. The molecule has 4 nitrogen and oxygen atoms in total. The molecule has 0 aliphatic carbocycles. The first-order valence-corrected chi connectivity index (χ1v) is 6.91. The van der Waals surface area contributed by atoms with Crippen LogP contribution in [0, 0.1) is 0 Å².